The smallest absolute Gasteiger partial charge is 0.277 e. The first-order chi connectivity index (χ1) is 15.0. The molecule has 2 aromatic carbocycles. The predicted molar refractivity (Wildman–Crippen MR) is 122 cm³/mol. The van der Waals surface area contributed by atoms with Gasteiger partial charge in [-0.05, 0) is 31.0 Å². The minimum absolute atomic E-state index is 0.173. The zero-order chi connectivity index (χ0) is 22.0. The highest BCUT2D eigenvalue weighted by molar-refractivity contribution is 6.35. The molecule has 4 rings (SSSR count). The van der Waals surface area contributed by atoms with Crippen molar-refractivity contribution in [2.24, 2.45) is 0 Å². The van der Waals surface area contributed by atoms with E-state index in [-0.39, 0.29) is 11.8 Å². The van der Waals surface area contributed by atoms with Gasteiger partial charge in [0.1, 0.15) is 11.4 Å². The Morgan fingerprint density at radius 1 is 0.871 bits per heavy atom. The number of hydrogen-bond donors (Lipinski definition) is 0. The average Bonchev–Trinajstić information content (AvgIpc) is 3.05. The van der Waals surface area contributed by atoms with Crippen molar-refractivity contribution in [1.82, 2.24) is 9.80 Å². The van der Waals surface area contributed by atoms with Crippen LogP contribution in [0, 0.1) is 6.92 Å². The number of carbonyl (C=O) groups is 2. The molecule has 162 valence electrons. The summed E-state index contributed by atoms with van der Waals surface area (Å²) in [5.41, 5.74) is 4.06. The van der Waals surface area contributed by atoms with E-state index in [1.807, 2.05) is 56.3 Å². The lowest BCUT2D eigenvalue weighted by Gasteiger charge is -2.38. The number of amides is 2. The third kappa shape index (κ3) is 3.90. The van der Waals surface area contributed by atoms with Crippen molar-refractivity contribution in [1.29, 1.82) is 0 Å². The van der Waals surface area contributed by atoms with Crippen LogP contribution in [-0.4, -0.2) is 61.4 Å². The SMILES string of the molecule is CCCN1C(=O)C(c2ccc(C)cc2)=C(N2CCN(c3ccccc3OC)CC2)C1=O. The molecule has 0 unspecified atom stereocenters. The van der Waals surface area contributed by atoms with Gasteiger partial charge in [-0.15, -0.1) is 0 Å². The fraction of sp³-hybridized carbons (Fsp3) is 0.360. The zero-order valence-corrected chi connectivity index (χ0v) is 18.4. The molecule has 0 saturated carbocycles. The fourth-order valence-electron chi connectivity index (χ4n) is 4.33. The maximum absolute atomic E-state index is 13.3. The molecule has 0 N–H and O–H groups in total. The summed E-state index contributed by atoms with van der Waals surface area (Å²) in [5.74, 6) is 0.489. The molecule has 0 atom stereocenters. The summed E-state index contributed by atoms with van der Waals surface area (Å²) in [7, 11) is 1.68. The monoisotopic (exact) mass is 419 g/mol. The second kappa shape index (κ2) is 8.84. The molecule has 2 aliphatic heterocycles. The van der Waals surface area contributed by atoms with E-state index in [1.165, 1.54) is 4.90 Å². The Balaban J connectivity index is 1.63. The fourth-order valence-corrected chi connectivity index (χ4v) is 4.33. The molecule has 2 heterocycles. The van der Waals surface area contributed by atoms with Crippen molar-refractivity contribution in [2.75, 3.05) is 44.7 Å². The third-order valence-electron chi connectivity index (χ3n) is 5.95. The molecule has 2 aromatic rings. The number of imide groups is 1. The van der Waals surface area contributed by atoms with E-state index in [2.05, 4.69) is 15.9 Å². The number of anilines is 1. The summed E-state index contributed by atoms with van der Waals surface area (Å²) in [6.07, 6.45) is 0.744. The first-order valence-corrected chi connectivity index (χ1v) is 10.9. The molecule has 6 heteroatoms. The van der Waals surface area contributed by atoms with Crippen molar-refractivity contribution in [2.45, 2.75) is 20.3 Å². The van der Waals surface area contributed by atoms with Gasteiger partial charge in [-0.1, -0.05) is 48.9 Å². The highest BCUT2D eigenvalue weighted by Crippen LogP contribution is 2.34. The van der Waals surface area contributed by atoms with Gasteiger partial charge in [-0.2, -0.15) is 0 Å². The normalized spacial score (nSPS) is 17.1. The average molecular weight is 420 g/mol. The van der Waals surface area contributed by atoms with Gasteiger partial charge in [0.25, 0.3) is 11.8 Å². The van der Waals surface area contributed by atoms with E-state index >= 15 is 0 Å². The topological polar surface area (TPSA) is 53.1 Å². The second-order valence-corrected chi connectivity index (χ2v) is 8.00. The van der Waals surface area contributed by atoms with E-state index in [1.54, 1.807) is 7.11 Å². The standard InChI is InChI=1S/C25H29N3O3/c1-4-13-28-24(29)22(19-11-9-18(2)10-12-19)23(25(28)30)27-16-14-26(15-17-27)20-7-5-6-8-21(20)31-3/h5-12H,4,13-17H2,1-3H3. The van der Waals surface area contributed by atoms with Gasteiger partial charge >= 0.3 is 0 Å². The van der Waals surface area contributed by atoms with E-state index in [0.717, 1.165) is 42.1 Å². The van der Waals surface area contributed by atoms with Crippen LogP contribution in [0.4, 0.5) is 5.69 Å². The van der Waals surface area contributed by atoms with Crippen molar-refractivity contribution in [3.05, 3.63) is 65.4 Å². The van der Waals surface area contributed by atoms with Gasteiger partial charge in [-0.25, -0.2) is 0 Å². The summed E-state index contributed by atoms with van der Waals surface area (Å²) in [5, 5.41) is 0. The maximum atomic E-state index is 13.3. The molecule has 1 fully saturated rings. The Labute approximate surface area is 183 Å². The minimum atomic E-state index is -0.183. The first kappa shape index (κ1) is 21.0. The molecular weight excluding hydrogens is 390 g/mol. The van der Waals surface area contributed by atoms with E-state index in [9.17, 15) is 9.59 Å². The van der Waals surface area contributed by atoms with Gasteiger partial charge in [0.05, 0.1) is 18.4 Å². The Morgan fingerprint density at radius 3 is 2.16 bits per heavy atom. The summed E-state index contributed by atoms with van der Waals surface area (Å²) < 4.78 is 5.51. The maximum Gasteiger partial charge on any atom is 0.277 e. The van der Waals surface area contributed by atoms with E-state index in [0.29, 0.717) is 30.9 Å². The van der Waals surface area contributed by atoms with Crippen LogP contribution < -0.4 is 9.64 Å². The lowest BCUT2D eigenvalue weighted by atomic mass is 10.0. The Kier molecular flexibility index (Phi) is 5.98. The molecule has 1 saturated heterocycles. The van der Waals surface area contributed by atoms with Crippen molar-refractivity contribution < 1.29 is 14.3 Å². The van der Waals surface area contributed by atoms with Gasteiger partial charge in [0, 0.05) is 32.7 Å². The largest absolute Gasteiger partial charge is 0.495 e. The number of rotatable bonds is 6. The molecular formula is C25H29N3O3. The third-order valence-corrected chi connectivity index (χ3v) is 5.95. The number of benzene rings is 2. The first-order valence-electron chi connectivity index (χ1n) is 10.9. The molecule has 0 radical (unpaired) electrons. The zero-order valence-electron chi connectivity index (χ0n) is 18.4. The number of methoxy groups -OCH3 is 1. The molecule has 0 aliphatic carbocycles. The second-order valence-electron chi connectivity index (χ2n) is 8.00. The Morgan fingerprint density at radius 2 is 1.52 bits per heavy atom. The van der Waals surface area contributed by atoms with E-state index in [4.69, 9.17) is 4.74 Å². The lowest BCUT2D eigenvalue weighted by molar-refractivity contribution is -0.137. The molecule has 0 aromatic heterocycles. The van der Waals surface area contributed by atoms with Crippen molar-refractivity contribution in [3.63, 3.8) is 0 Å². The lowest BCUT2D eigenvalue weighted by Crippen LogP contribution is -2.47. The van der Waals surface area contributed by atoms with Crippen LogP contribution >= 0.6 is 0 Å². The number of carbonyl (C=O) groups excluding carboxylic acids is 2. The predicted octanol–water partition coefficient (Wildman–Crippen LogP) is 3.32. The van der Waals surface area contributed by atoms with Crippen LogP contribution in [0.2, 0.25) is 0 Å². The highest BCUT2D eigenvalue weighted by Gasteiger charge is 2.41. The molecule has 31 heavy (non-hydrogen) atoms. The van der Waals surface area contributed by atoms with Crippen LogP contribution in [-0.2, 0) is 9.59 Å². The number of nitrogens with zero attached hydrogens (tertiary/aromatic N) is 3. The summed E-state index contributed by atoms with van der Waals surface area (Å²) in [6, 6.07) is 15.8. The summed E-state index contributed by atoms with van der Waals surface area (Å²) >= 11 is 0. The number of hydrogen-bond acceptors (Lipinski definition) is 5. The molecule has 0 bridgehead atoms. The molecule has 0 spiro atoms. The molecule has 2 aliphatic rings. The quantitative estimate of drug-likeness (QED) is 0.673. The molecule has 6 nitrogen and oxygen atoms in total. The number of para-hydroxylation sites is 2. The van der Waals surface area contributed by atoms with Crippen LogP contribution in [0.5, 0.6) is 5.75 Å². The van der Waals surface area contributed by atoms with Crippen LogP contribution in [0.25, 0.3) is 5.57 Å². The summed E-state index contributed by atoms with van der Waals surface area (Å²) in [6.45, 7) is 7.28. The van der Waals surface area contributed by atoms with Crippen molar-refractivity contribution >= 4 is 23.1 Å². The number of ether oxygens (including phenoxy) is 1. The summed E-state index contributed by atoms with van der Waals surface area (Å²) in [4.78, 5) is 32.2. The Hall–Kier alpha value is -3.28. The van der Waals surface area contributed by atoms with Crippen LogP contribution in [0.15, 0.2) is 54.2 Å². The number of aryl methyl sites for hydroxylation is 1. The van der Waals surface area contributed by atoms with Crippen LogP contribution in [0.3, 0.4) is 0 Å². The van der Waals surface area contributed by atoms with Crippen molar-refractivity contribution in [3.8, 4) is 5.75 Å². The minimum Gasteiger partial charge on any atom is -0.495 e. The van der Waals surface area contributed by atoms with Gasteiger partial charge in [0.2, 0.25) is 0 Å². The number of piperazine rings is 1. The highest BCUT2D eigenvalue weighted by atomic mass is 16.5. The van der Waals surface area contributed by atoms with E-state index < -0.39 is 0 Å². The van der Waals surface area contributed by atoms with Gasteiger partial charge < -0.3 is 14.5 Å². The Bertz CT molecular complexity index is 1000. The molecule has 2 amide bonds. The van der Waals surface area contributed by atoms with Crippen LogP contribution in [0.1, 0.15) is 24.5 Å². The van der Waals surface area contributed by atoms with Gasteiger partial charge in [0.15, 0.2) is 0 Å². The van der Waals surface area contributed by atoms with Gasteiger partial charge in [-0.3, -0.25) is 14.5 Å².